The van der Waals surface area contributed by atoms with Crippen molar-refractivity contribution >= 4 is 46.5 Å². The van der Waals surface area contributed by atoms with Gasteiger partial charge in [-0.2, -0.15) is 0 Å². The van der Waals surface area contributed by atoms with E-state index in [1.165, 1.54) is 0 Å². The number of aliphatic carboxylic acids is 3. The third kappa shape index (κ3) is 9.10. The van der Waals surface area contributed by atoms with E-state index >= 15 is 0 Å². The van der Waals surface area contributed by atoms with Crippen molar-refractivity contribution in [1.82, 2.24) is 20.9 Å². The molecule has 0 saturated carbocycles. The number of aromatic amines is 1. The predicted octanol–water partition coefficient (Wildman–Crippen LogP) is -0.428. The van der Waals surface area contributed by atoms with E-state index in [0.29, 0.717) is 5.56 Å². The standard InChI is InChI=1S/C25H33N5O9/c1-12(2)21(26)24(37)29-17(10-20(33)34)23(36)28-16(7-8-19(31)32)22(35)30-18(25(38)39)9-13-11-27-15-6-4-3-5-14(13)15/h3-6,11-12,16-18,21,27H,7-10,26H2,1-2H3,(H,28,36)(H,29,37)(H,30,35)(H,31,32)(H,33,34)(H,38,39). The number of benzene rings is 1. The summed E-state index contributed by atoms with van der Waals surface area (Å²) in [5, 5.41) is 35.6. The van der Waals surface area contributed by atoms with Crippen molar-refractivity contribution < 1.29 is 44.1 Å². The number of carboxylic acids is 3. The molecule has 2 rings (SSSR count). The summed E-state index contributed by atoms with van der Waals surface area (Å²) in [5.74, 6) is -7.25. The number of amides is 3. The second-order valence-corrected chi connectivity index (χ2v) is 9.39. The number of H-pyrrole nitrogens is 1. The van der Waals surface area contributed by atoms with Gasteiger partial charge in [-0.15, -0.1) is 0 Å². The molecule has 4 unspecified atom stereocenters. The number of rotatable bonds is 15. The van der Waals surface area contributed by atoms with E-state index in [1.54, 1.807) is 44.3 Å². The molecule has 3 amide bonds. The Morgan fingerprint density at radius 2 is 1.44 bits per heavy atom. The molecule has 1 heterocycles. The maximum absolute atomic E-state index is 13.0. The molecule has 0 saturated heterocycles. The second kappa shape index (κ2) is 13.9. The molecule has 0 spiro atoms. The lowest BCUT2D eigenvalue weighted by Crippen LogP contribution is -2.58. The summed E-state index contributed by atoms with van der Waals surface area (Å²) in [5.41, 5.74) is 7.13. The lowest BCUT2D eigenvalue weighted by Gasteiger charge is -2.25. The molecule has 0 radical (unpaired) electrons. The van der Waals surface area contributed by atoms with Gasteiger partial charge in [0.15, 0.2) is 0 Å². The Labute approximate surface area is 223 Å². The average molecular weight is 548 g/mol. The Hall–Kier alpha value is -4.46. The molecule has 14 nitrogen and oxygen atoms in total. The zero-order valence-corrected chi connectivity index (χ0v) is 21.5. The minimum atomic E-state index is -1.62. The fourth-order valence-electron chi connectivity index (χ4n) is 3.76. The van der Waals surface area contributed by atoms with Crippen LogP contribution in [-0.2, 0) is 35.2 Å². The average Bonchev–Trinajstić information content (AvgIpc) is 3.27. The van der Waals surface area contributed by atoms with Crippen LogP contribution < -0.4 is 21.7 Å². The Morgan fingerprint density at radius 1 is 0.846 bits per heavy atom. The first-order chi connectivity index (χ1) is 18.3. The molecule has 0 aliphatic heterocycles. The molecule has 14 heteroatoms. The fourth-order valence-corrected chi connectivity index (χ4v) is 3.76. The molecule has 0 fully saturated rings. The first kappa shape index (κ1) is 30.8. The topological polar surface area (TPSA) is 241 Å². The molecule has 212 valence electrons. The minimum absolute atomic E-state index is 0.116. The summed E-state index contributed by atoms with van der Waals surface area (Å²) in [6, 6.07) is 1.51. The maximum atomic E-state index is 13.0. The van der Waals surface area contributed by atoms with Gasteiger partial charge in [-0.3, -0.25) is 24.0 Å². The first-order valence-corrected chi connectivity index (χ1v) is 12.2. The van der Waals surface area contributed by atoms with E-state index in [9.17, 15) is 39.0 Å². The van der Waals surface area contributed by atoms with Crippen molar-refractivity contribution in [2.75, 3.05) is 0 Å². The van der Waals surface area contributed by atoms with Gasteiger partial charge >= 0.3 is 17.9 Å². The van der Waals surface area contributed by atoms with Crippen molar-refractivity contribution in [2.24, 2.45) is 11.7 Å². The normalized spacial score (nSPS) is 14.2. The third-order valence-corrected chi connectivity index (χ3v) is 6.03. The smallest absolute Gasteiger partial charge is 0.326 e. The Morgan fingerprint density at radius 3 is 2.03 bits per heavy atom. The Bertz CT molecular complexity index is 1230. The van der Waals surface area contributed by atoms with Crippen LogP contribution in [-0.4, -0.2) is 80.1 Å². The van der Waals surface area contributed by atoms with E-state index < -0.39 is 79.1 Å². The molecule has 2 aromatic rings. The highest BCUT2D eigenvalue weighted by Crippen LogP contribution is 2.19. The van der Waals surface area contributed by atoms with Crippen molar-refractivity contribution in [3.63, 3.8) is 0 Å². The van der Waals surface area contributed by atoms with Crippen LogP contribution in [0.15, 0.2) is 30.5 Å². The predicted molar refractivity (Wildman–Crippen MR) is 137 cm³/mol. The molecule has 0 bridgehead atoms. The summed E-state index contributed by atoms with van der Waals surface area (Å²) in [7, 11) is 0. The monoisotopic (exact) mass is 547 g/mol. The van der Waals surface area contributed by atoms with Crippen molar-refractivity contribution in [3.8, 4) is 0 Å². The second-order valence-electron chi connectivity index (χ2n) is 9.39. The molecular weight excluding hydrogens is 514 g/mol. The van der Waals surface area contributed by atoms with Crippen LogP contribution in [0, 0.1) is 5.92 Å². The van der Waals surface area contributed by atoms with Gasteiger partial charge in [0.2, 0.25) is 17.7 Å². The summed E-state index contributed by atoms with van der Waals surface area (Å²) < 4.78 is 0. The summed E-state index contributed by atoms with van der Waals surface area (Å²) >= 11 is 0. The van der Waals surface area contributed by atoms with E-state index in [-0.39, 0.29) is 12.3 Å². The Balaban J connectivity index is 2.22. The number of carboxylic acid groups (broad SMARTS) is 3. The van der Waals surface area contributed by atoms with Gasteiger partial charge in [-0.25, -0.2) is 4.79 Å². The van der Waals surface area contributed by atoms with Gasteiger partial charge in [0.25, 0.3) is 0 Å². The highest BCUT2D eigenvalue weighted by molar-refractivity contribution is 5.96. The number of carbonyl (C=O) groups excluding carboxylic acids is 3. The van der Waals surface area contributed by atoms with Crippen LogP contribution >= 0.6 is 0 Å². The van der Waals surface area contributed by atoms with Gasteiger partial charge in [0.05, 0.1) is 12.5 Å². The number of nitrogens with two attached hydrogens (primary N) is 1. The molecular formula is C25H33N5O9. The lowest BCUT2D eigenvalue weighted by atomic mass is 10.0. The van der Waals surface area contributed by atoms with Gasteiger partial charge in [-0.05, 0) is 24.0 Å². The minimum Gasteiger partial charge on any atom is -0.481 e. The molecule has 1 aromatic carbocycles. The quantitative estimate of drug-likeness (QED) is 0.143. The largest absolute Gasteiger partial charge is 0.481 e. The van der Waals surface area contributed by atoms with Crippen LogP contribution in [0.25, 0.3) is 10.9 Å². The maximum Gasteiger partial charge on any atom is 0.326 e. The zero-order chi connectivity index (χ0) is 29.3. The molecule has 0 aliphatic carbocycles. The van der Waals surface area contributed by atoms with E-state index in [4.69, 9.17) is 10.8 Å². The number of fused-ring (bicyclic) bond motifs is 1. The van der Waals surface area contributed by atoms with Gasteiger partial charge in [0.1, 0.15) is 18.1 Å². The van der Waals surface area contributed by atoms with Crippen LogP contribution in [0.1, 0.15) is 38.7 Å². The van der Waals surface area contributed by atoms with E-state index in [1.807, 2.05) is 0 Å². The van der Waals surface area contributed by atoms with Gasteiger partial charge in [0, 0.05) is 29.9 Å². The lowest BCUT2D eigenvalue weighted by molar-refractivity contribution is -0.143. The van der Waals surface area contributed by atoms with Crippen LogP contribution in [0.2, 0.25) is 0 Å². The Kier molecular flexibility index (Phi) is 11.0. The fraction of sp³-hybridized carbons (Fsp3) is 0.440. The summed E-state index contributed by atoms with van der Waals surface area (Å²) in [6.07, 6.45) is -0.334. The van der Waals surface area contributed by atoms with Crippen molar-refractivity contribution in [2.45, 2.75) is 63.7 Å². The summed E-state index contributed by atoms with van der Waals surface area (Å²) in [6.45, 7) is 3.30. The number of para-hydroxylation sites is 1. The highest BCUT2D eigenvalue weighted by Gasteiger charge is 2.32. The molecule has 1 aromatic heterocycles. The zero-order valence-electron chi connectivity index (χ0n) is 21.5. The van der Waals surface area contributed by atoms with Crippen molar-refractivity contribution in [3.05, 3.63) is 36.0 Å². The molecule has 0 aliphatic rings. The van der Waals surface area contributed by atoms with E-state index in [0.717, 1.165) is 10.9 Å². The van der Waals surface area contributed by atoms with E-state index in [2.05, 4.69) is 20.9 Å². The number of carbonyl (C=O) groups is 6. The number of hydrogen-bond acceptors (Lipinski definition) is 7. The number of nitrogens with one attached hydrogen (secondary N) is 4. The highest BCUT2D eigenvalue weighted by atomic mass is 16.4. The molecule has 9 N–H and O–H groups in total. The molecule has 4 atom stereocenters. The van der Waals surface area contributed by atoms with Crippen molar-refractivity contribution in [1.29, 1.82) is 0 Å². The third-order valence-electron chi connectivity index (χ3n) is 6.03. The first-order valence-electron chi connectivity index (χ1n) is 12.2. The van der Waals surface area contributed by atoms with Gasteiger partial charge < -0.3 is 42.0 Å². The summed E-state index contributed by atoms with van der Waals surface area (Å²) in [4.78, 5) is 75.7. The van der Waals surface area contributed by atoms with Crippen LogP contribution in [0.4, 0.5) is 0 Å². The molecule has 39 heavy (non-hydrogen) atoms. The number of aromatic nitrogens is 1. The van der Waals surface area contributed by atoms with Crippen LogP contribution in [0.3, 0.4) is 0 Å². The van der Waals surface area contributed by atoms with Crippen LogP contribution in [0.5, 0.6) is 0 Å². The number of hydrogen-bond donors (Lipinski definition) is 8. The van der Waals surface area contributed by atoms with Gasteiger partial charge in [-0.1, -0.05) is 32.0 Å². The SMILES string of the molecule is CC(C)C(N)C(=O)NC(CC(=O)O)C(=O)NC(CCC(=O)O)C(=O)NC(Cc1c[nH]c2ccccc12)C(=O)O.